The van der Waals surface area contributed by atoms with Crippen molar-refractivity contribution >= 4 is 15.9 Å². The summed E-state index contributed by atoms with van der Waals surface area (Å²) in [5.41, 5.74) is 4.68. The molecule has 0 radical (unpaired) electrons. The van der Waals surface area contributed by atoms with E-state index in [-0.39, 0.29) is 10.9 Å². The van der Waals surface area contributed by atoms with Crippen molar-refractivity contribution in [3.05, 3.63) is 29.8 Å². The summed E-state index contributed by atoms with van der Waals surface area (Å²) in [6.07, 6.45) is 0. The van der Waals surface area contributed by atoms with Crippen LogP contribution in [0.3, 0.4) is 0 Å². The molecular weight excluding hydrogens is 278 g/mol. The molecule has 0 bridgehead atoms. The molecule has 20 heavy (non-hydrogen) atoms. The highest BCUT2D eigenvalue weighted by atomic mass is 32.2. The van der Waals surface area contributed by atoms with E-state index < -0.39 is 21.5 Å². The standard InChI is InChI=1S/C13H21N3O3S/c1-9(15-4)10-6-5-7-11(8-10)20(18,19)16-13(2,3)12(14)17/h5-9,15-16H,1-4H3,(H2,14,17). The number of benzene rings is 1. The molecular formula is C13H21N3O3S. The maximum atomic E-state index is 12.3. The van der Waals surface area contributed by atoms with Crippen molar-refractivity contribution in [2.75, 3.05) is 7.05 Å². The van der Waals surface area contributed by atoms with Gasteiger partial charge < -0.3 is 11.1 Å². The molecule has 0 heterocycles. The molecule has 0 aliphatic rings. The first kappa shape index (κ1) is 16.6. The molecule has 0 aliphatic carbocycles. The van der Waals surface area contributed by atoms with Gasteiger partial charge in [0.05, 0.1) is 4.90 Å². The Morgan fingerprint density at radius 1 is 1.35 bits per heavy atom. The van der Waals surface area contributed by atoms with Gasteiger partial charge in [-0.1, -0.05) is 12.1 Å². The summed E-state index contributed by atoms with van der Waals surface area (Å²) < 4.78 is 26.9. The number of hydrogen-bond acceptors (Lipinski definition) is 4. The van der Waals surface area contributed by atoms with Gasteiger partial charge in [-0.3, -0.25) is 4.79 Å². The van der Waals surface area contributed by atoms with Crippen molar-refractivity contribution in [1.82, 2.24) is 10.0 Å². The SMILES string of the molecule is CNC(C)c1cccc(S(=O)(=O)NC(C)(C)C(N)=O)c1. The molecule has 6 nitrogen and oxygen atoms in total. The van der Waals surface area contributed by atoms with Crippen LogP contribution in [-0.2, 0) is 14.8 Å². The van der Waals surface area contributed by atoms with E-state index in [9.17, 15) is 13.2 Å². The Kier molecular flexibility index (Phi) is 4.90. The van der Waals surface area contributed by atoms with E-state index in [1.54, 1.807) is 19.2 Å². The number of rotatable bonds is 6. The zero-order valence-electron chi connectivity index (χ0n) is 12.1. The highest BCUT2D eigenvalue weighted by molar-refractivity contribution is 7.89. The average Bonchev–Trinajstić information content (AvgIpc) is 2.36. The summed E-state index contributed by atoms with van der Waals surface area (Å²) in [5, 5.41) is 3.04. The number of nitrogens with one attached hydrogen (secondary N) is 2. The summed E-state index contributed by atoms with van der Waals surface area (Å²) in [7, 11) is -2.01. The molecule has 0 saturated carbocycles. The Morgan fingerprint density at radius 2 is 1.95 bits per heavy atom. The molecule has 1 rings (SSSR count). The zero-order valence-corrected chi connectivity index (χ0v) is 12.9. The van der Waals surface area contributed by atoms with Crippen molar-refractivity contribution in [2.24, 2.45) is 5.73 Å². The van der Waals surface area contributed by atoms with Gasteiger partial charge in [0, 0.05) is 6.04 Å². The fourth-order valence-corrected chi connectivity index (χ4v) is 3.00. The monoisotopic (exact) mass is 299 g/mol. The quantitative estimate of drug-likeness (QED) is 0.712. The first-order valence-corrected chi connectivity index (χ1v) is 7.69. The van der Waals surface area contributed by atoms with Crippen LogP contribution in [0.2, 0.25) is 0 Å². The van der Waals surface area contributed by atoms with Crippen LogP contribution in [0.1, 0.15) is 32.4 Å². The maximum Gasteiger partial charge on any atom is 0.241 e. The van der Waals surface area contributed by atoms with Crippen LogP contribution in [-0.4, -0.2) is 26.9 Å². The number of primary amides is 1. The third-order valence-corrected chi connectivity index (χ3v) is 4.76. The molecule has 1 atom stereocenters. The first-order chi connectivity index (χ1) is 9.10. The Balaban J connectivity index is 3.14. The van der Waals surface area contributed by atoms with Crippen LogP contribution >= 0.6 is 0 Å². The topological polar surface area (TPSA) is 101 Å². The Bertz CT molecular complexity index is 597. The van der Waals surface area contributed by atoms with Gasteiger partial charge in [-0.25, -0.2) is 8.42 Å². The van der Waals surface area contributed by atoms with E-state index in [2.05, 4.69) is 10.0 Å². The second-order valence-corrected chi connectivity index (χ2v) is 6.86. The summed E-state index contributed by atoms with van der Waals surface area (Å²) >= 11 is 0. The largest absolute Gasteiger partial charge is 0.368 e. The van der Waals surface area contributed by atoms with Crippen LogP contribution < -0.4 is 15.8 Å². The maximum absolute atomic E-state index is 12.3. The van der Waals surface area contributed by atoms with Gasteiger partial charge in [-0.15, -0.1) is 0 Å². The molecule has 1 unspecified atom stereocenters. The fourth-order valence-electron chi connectivity index (χ4n) is 1.56. The van der Waals surface area contributed by atoms with E-state index in [1.807, 2.05) is 13.0 Å². The molecule has 7 heteroatoms. The molecule has 4 N–H and O–H groups in total. The zero-order chi connectivity index (χ0) is 15.6. The molecule has 1 aromatic carbocycles. The third kappa shape index (κ3) is 3.78. The van der Waals surface area contributed by atoms with Crippen LogP contribution in [0.4, 0.5) is 0 Å². The number of carbonyl (C=O) groups is 1. The second kappa shape index (κ2) is 5.90. The average molecular weight is 299 g/mol. The second-order valence-electron chi connectivity index (χ2n) is 5.18. The number of hydrogen-bond donors (Lipinski definition) is 3. The van der Waals surface area contributed by atoms with E-state index in [0.717, 1.165) is 5.56 Å². The van der Waals surface area contributed by atoms with E-state index >= 15 is 0 Å². The highest BCUT2D eigenvalue weighted by Gasteiger charge is 2.31. The highest BCUT2D eigenvalue weighted by Crippen LogP contribution is 2.18. The number of nitrogens with two attached hydrogens (primary N) is 1. The normalized spacial score (nSPS) is 14.0. The molecule has 0 aliphatic heterocycles. The summed E-state index contributed by atoms with van der Waals surface area (Å²) in [5.74, 6) is -0.735. The smallest absolute Gasteiger partial charge is 0.241 e. The van der Waals surface area contributed by atoms with E-state index in [4.69, 9.17) is 5.73 Å². The van der Waals surface area contributed by atoms with Gasteiger partial charge in [0.15, 0.2) is 0 Å². The molecule has 112 valence electrons. The molecule has 0 spiro atoms. The predicted octanol–water partition coefficient (Wildman–Crippen LogP) is 0.509. The van der Waals surface area contributed by atoms with Crippen molar-refractivity contribution in [2.45, 2.75) is 37.2 Å². The third-order valence-electron chi connectivity index (χ3n) is 3.11. The lowest BCUT2D eigenvalue weighted by Crippen LogP contribution is -2.52. The lowest BCUT2D eigenvalue weighted by Gasteiger charge is -2.22. The molecule has 0 saturated heterocycles. The molecule has 1 amide bonds. The van der Waals surface area contributed by atoms with Crippen molar-refractivity contribution < 1.29 is 13.2 Å². The van der Waals surface area contributed by atoms with Crippen molar-refractivity contribution in [3.8, 4) is 0 Å². The summed E-state index contributed by atoms with van der Waals surface area (Å²) in [6, 6.07) is 6.56. The molecule has 0 aromatic heterocycles. The summed E-state index contributed by atoms with van der Waals surface area (Å²) in [4.78, 5) is 11.3. The number of amides is 1. The van der Waals surface area contributed by atoms with Gasteiger partial charge in [0.2, 0.25) is 15.9 Å². The van der Waals surface area contributed by atoms with E-state index in [1.165, 1.54) is 19.9 Å². The molecule has 1 aromatic rings. The first-order valence-electron chi connectivity index (χ1n) is 6.21. The van der Waals surface area contributed by atoms with Gasteiger partial charge in [-0.05, 0) is 45.5 Å². The van der Waals surface area contributed by atoms with Crippen LogP contribution in [0, 0.1) is 0 Å². The number of sulfonamides is 1. The minimum atomic E-state index is -3.81. The van der Waals surface area contributed by atoms with Crippen molar-refractivity contribution in [1.29, 1.82) is 0 Å². The fraction of sp³-hybridized carbons (Fsp3) is 0.462. The Morgan fingerprint density at radius 3 is 2.45 bits per heavy atom. The van der Waals surface area contributed by atoms with Crippen LogP contribution in [0.25, 0.3) is 0 Å². The van der Waals surface area contributed by atoms with Gasteiger partial charge in [0.1, 0.15) is 5.54 Å². The lowest BCUT2D eigenvalue weighted by atomic mass is 10.1. The molecule has 0 fully saturated rings. The minimum absolute atomic E-state index is 0.0225. The predicted molar refractivity (Wildman–Crippen MR) is 77.5 cm³/mol. The minimum Gasteiger partial charge on any atom is -0.368 e. The van der Waals surface area contributed by atoms with Gasteiger partial charge in [0.25, 0.3) is 0 Å². The van der Waals surface area contributed by atoms with Crippen LogP contribution in [0.15, 0.2) is 29.2 Å². The van der Waals surface area contributed by atoms with E-state index in [0.29, 0.717) is 0 Å². The summed E-state index contributed by atoms with van der Waals surface area (Å²) in [6.45, 7) is 4.77. The van der Waals surface area contributed by atoms with Crippen molar-refractivity contribution in [3.63, 3.8) is 0 Å². The van der Waals surface area contributed by atoms with Gasteiger partial charge in [-0.2, -0.15) is 4.72 Å². The number of carbonyl (C=O) groups excluding carboxylic acids is 1. The Hall–Kier alpha value is -1.44. The lowest BCUT2D eigenvalue weighted by molar-refractivity contribution is -0.122. The Labute approximate surface area is 119 Å². The van der Waals surface area contributed by atoms with Gasteiger partial charge >= 0.3 is 0 Å². The van der Waals surface area contributed by atoms with Crippen LogP contribution in [0.5, 0.6) is 0 Å².